The standard InChI is InChI=1S/C12H24O2.C11H22O2.C9H18O.C7H12N2O.C7H5O.C6H12O2.CH3I.CH4.Ag.O/c1-8(2)9(3)10(4)11(13)14-12(5,6)7;1-8(2)9(3)7-10(12)13-11(4,5)6;1-6(2)7(3)8(4)9(5)10;1-5(2)6(3)7(10)4-9-8;8-6-7-4-2-1-3-5-7;1-4(2)5(3)6(7)8;1-2;;;/h8-10H,1-7H3;8-9H,7H2,1-6H3;6-8H,1-5H3;4-6H,1-3H3;1-5H;4-5H,1-3H3,(H,7,8);1H3;1H4;;/q;;;;-1;;;;;/t9-,10-;9-;7-,8-;6-;;5-;;;;/m1011.1..../s1. The zero-order valence-corrected chi connectivity index (χ0v) is 49.9. The van der Waals surface area contributed by atoms with E-state index in [2.05, 4.69) is 89.7 Å². The third kappa shape index (κ3) is 52.7. The summed E-state index contributed by atoms with van der Waals surface area (Å²) in [6.07, 6.45) is 3.25. The number of alkyl halides is 1. The number of carbonyl (C=O) groups excluding carboxylic acids is 5. The number of hydrogen-bond acceptors (Lipinski definition) is 9. The fourth-order valence-corrected chi connectivity index (χ4v) is 4.31. The molecule has 1 aromatic rings. The van der Waals surface area contributed by atoms with Gasteiger partial charge in [-0.1, -0.05) is 154 Å². The molecule has 0 fully saturated rings. The number of carboxylic acids is 1. The summed E-state index contributed by atoms with van der Waals surface area (Å²) in [5, 5.41) is 8.35. The van der Waals surface area contributed by atoms with E-state index in [0.29, 0.717) is 59.2 Å². The number of carboxylic acid groups (broad SMARTS) is 1. The Labute approximate surface area is 442 Å². The molecule has 1 N–H and O–H groups in total. The SMILES string of the molecule is C.CC(=O)[C@H](C)[C@H](C)C(C)C.CC(C)[C@@H](C)C(=O)C=[N+]=[N-].CC(C)[C@@H](C)C(=O)O.CC(C)[C@@H](C)CC(=O)OC(C)(C)C.CC(C)[C@@H](C)[C@@H](C)C(=O)OC(C)(C)C.CI.O=[C-]c1ccccc1.[O]=[Ag]. The first-order valence-electron chi connectivity index (χ1n) is 23.2. The number of hydrogen-bond donors (Lipinski definition) is 1. The van der Waals surface area contributed by atoms with Crippen molar-refractivity contribution in [2.75, 3.05) is 4.93 Å². The zero-order valence-electron chi connectivity index (χ0n) is 46.3. The van der Waals surface area contributed by atoms with Crippen LogP contribution in [0, 0.1) is 71.0 Å². The fourth-order valence-electron chi connectivity index (χ4n) is 4.31. The van der Waals surface area contributed by atoms with E-state index in [1.165, 1.54) is 0 Å². The summed E-state index contributed by atoms with van der Waals surface area (Å²) in [5.74, 6) is 2.70. The van der Waals surface area contributed by atoms with Crippen LogP contribution < -0.4 is 0 Å². The molecule has 0 saturated carbocycles. The number of carbonyl (C=O) groups is 5. The molecule has 7 atom stereocenters. The van der Waals surface area contributed by atoms with Crippen molar-refractivity contribution in [1.82, 2.24) is 0 Å². The minimum absolute atomic E-state index is 0. The molecule has 68 heavy (non-hydrogen) atoms. The molecule has 0 spiro atoms. The molecule has 1 rings (SSSR count). The minimum atomic E-state index is -0.708. The van der Waals surface area contributed by atoms with E-state index in [-0.39, 0.29) is 65.9 Å². The normalized spacial score (nSPS) is 13.3. The summed E-state index contributed by atoms with van der Waals surface area (Å²) in [6.45, 7) is 47.4. The van der Waals surface area contributed by atoms with E-state index in [1.807, 2.05) is 101 Å². The van der Waals surface area contributed by atoms with Gasteiger partial charge in [0.1, 0.15) is 17.0 Å². The maximum atomic E-state index is 11.7. The Morgan fingerprint density at radius 2 is 1.01 bits per heavy atom. The summed E-state index contributed by atoms with van der Waals surface area (Å²) in [7, 11) is 0. The van der Waals surface area contributed by atoms with E-state index >= 15 is 0 Å². The number of ketones is 2. The van der Waals surface area contributed by atoms with Crippen LogP contribution in [0.3, 0.4) is 0 Å². The maximum absolute atomic E-state index is 11.7. The van der Waals surface area contributed by atoms with E-state index in [4.69, 9.17) is 23.4 Å². The first-order chi connectivity index (χ1) is 30.4. The molecule has 0 aliphatic carbocycles. The Morgan fingerprint density at radius 3 is 1.24 bits per heavy atom. The zero-order chi connectivity index (χ0) is 55.2. The van der Waals surface area contributed by atoms with Gasteiger partial charge in [0, 0.05) is 18.3 Å². The molecule has 0 amide bonds. The van der Waals surface area contributed by atoms with Gasteiger partial charge in [-0.15, -0.1) is 12.1 Å². The number of rotatable bonds is 15. The third-order valence-electron chi connectivity index (χ3n) is 11.1. The van der Waals surface area contributed by atoms with Crippen molar-refractivity contribution >= 4 is 64.6 Å². The van der Waals surface area contributed by atoms with Gasteiger partial charge in [-0.3, -0.25) is 24.0 Å². The molecule has 0 heterocycles. The van der Waals surface area contributed by atoms with Crippen molar-refractivity contribution < 1.29 is 72.4 Å². The molecule has 0 saturated heterocycles. The molecule has 0 aliphatic heterocycles. The topological polar surface area (TPSA) is 195 Å². The summed E-state index contributed by atoms with van der Waals surface area (Å²) >= 11 is 3.85. The Hall–Kier alpha value is -2.71. The molecule has 0 unspecified atom stereocenters. The molecule has 1 aromatic carbocycles. The Kier molecular flexibility index (Phi) is 56.4. The van der Waals surface area contributed by atoms with Gasteiger partial charge in [0.05, 0.1) is 18.1 Å². The Bertz CT molecular complexity index is 1500. The van der Waals surface area contributed by atoms with Gasteiger partial charge in [-0.05, 0) is 101 Å². The molecule has 405 valence electrons. The summed E-state index contributed by atoms with van der Waals surface area (Å²) in [5.41, 5.74) is 7.89. The monoisotopic (exact) mass is 1170 g/mol. The van der Waals surface area contributed by atoms with Crippen LogP contribution in [0.1, 0.15) is 186 Å². The molecule has 0 aromatic heterocycles. The number of benzene rings is 1. The average molecular weight is 1170 g/mol. The third-order valence-corrected chi connectivity index (χ3v) is 11.1. The first kappa shape index (κ1) is 82.2. The van der Waals surface area contributed by atoms with Crippen LogP contribution >= 0.6 is 22.6 Å². The molecular weight excluding hydrogens is 1070 g/mol. The summed E-state index contributed by atoms with van der Waals surface area (Å²) in [4.78, 5) is 69.5. The second kappa shape index (κ2) is 46.7. The van der Waals surface area contributed by atoms with Crippen LogP contribution in [0.15, 0.2) is 30.3 Å². The van der Waals surface area contributed by atoms with Crippen molar-refractivity contribution in [3.63, 3.8) is 0 Å². The summed E-state index contributed by atoms with van der Waals surface area (Å²) < 4.78 is 18.6. The van der Waals surface area contributed by atoms with Crippen molar-refractivity contribution in [3.05, 3.63) is 41.4 Å². The van der Waals surface area contributed by atoms with E-state index < -0.39 is 5.97 Å². The number of Topliss-reactive ketones (excluding diaryl/α,β-unsaturated/α-hetero) is 2. The number of esters is 2. The number of halogens is 1. The van der Waals surface area contributed by atoms with Gasteiger partial charge >= 0.3 is 48.4 Å². The quantitative estimate of drug-likeness (QED) is 0.0258. The van der Waals surface area contributed by atoms with Crippen molar-refractivity contribution in [2.24, 2.45) is 71.0 Å². The molecule has 0 bridgehead atoms. The number of aliphatic carboxylic acids is 1. The number of nitrogens with zero attached hydrogens (tertiary/aromatic N) is 2. The first-order valence-corrected chi connectivity index (χ1v) is 26.0. The van der Waals surface area contributed by atoms with Gasteiger partial charge in [0.25, 0.3) is 0 Å². The van der Waals surface area contributed by atoms with Crippen LogP contribution in [-0.4, -0.2) is 68.0 Å². The van der Waals surface area contributed by atoms with Crippen molar-refractivity contribution in [3.8, 4) is 0 Å². The van der Waals surface area contributed by atoms with Gasteiger partial charge in [0.15, 0.2) is 0 Å². The Morgan fingerprint density at radius 1 is 0.647 bits per heavy atom. The second-order valence-electron chi connectivity index (χ2n) is 20.5. The fraction of sp³-hybridized carbons (Fsp3) is 0.759. The van der Waals surface area contributed by atoms with Gasteiger partial charge < -0.3 is 24.9 Å². The average Bonchev–Trinajstić information content (AvgIpc) is 3.23. The molecule has 14 heteroatoms. The Balaban J connectivity index is -0.000000105. The predicted molar refractivity (Wildman–Crippen MR) is 286 cm³/mol. The van der Waals surface area contributed by atoms with E-state index in [9.17, 15) is 28.8 Å². The van der Waals surface area contributed by atoms with E-state index in [1.54, 1.807) is 65.4 Å². The molecule has 0 aliphatic rings. The predicted octanol–water partition coefficient (Wildman–Crippen LogP) is 14.0. The van der Waals surface area contributed by atoms with Gasteiger partial charge in [-0.2, -0.15) is 22.5 Å². The van der Waals surface area contributed by atoms with Gasteiger partial charge in [0.2, 0.25) is 5.78 Å². The van der Waals surface area contributed by atoms with Crippen LogP contribution in [0.25, 0.3) is 5.53 Å². The molecule has 12 nitrogen and oxygen atoms in total. The van der Waals surface area contributed by atoms with Crippen LogP contribution in [0.2, 0.25) is 0 Å². The number of ether oxygens (including phenoxy) is 2. The van der Waals surface area contributed by atoms with Crippen molar-refractivity contribution in [2.45, 2.75) is 191 Å². The van der Waals surface area contributed by atoms with Crippen LogP contribution in [0.5, 0.6) is 0 Å². The van der Waals surface area contributed by atoms with E-state index in [0.717, 1.165) is 6.21 Å². The van der Waals surface area contributed by atoms with Crippen LogP contribution in [-0.2, 0) is 62.5 Å². The second-order valence-corrected chi connectivity index (χ2v) is 20.5. The van der Waals surface area contributed by atoms with Crippen molar-refractivity contribution in [1.29, 1.82) is 0 Å². The summed E-state index contributed by atoms with van der Waals surface area (Å²) in [6, 6.07) is 8.90. The molecular formula is C54H100AgIN2O10-. The van der Waals surface area contributed by atoms with Gasteiger partial charge in [-0.25, -0.2) is 0 Å². The van der Waals surface area contributed by atoms with Crippen LogP contribution in [0.4, 0.5) is 0 Å². The molecule has 0 radical (unpaired) electrons.